The van der Waals surface area contributed by atoms with E-state index in [0.29, 0.717) is 23.3 Å². The first-order valence-corrected chi connectivity index (χ1v) is 8.99. The zero-order valence-corrected chi connectivity index (χ0v) is 14.2. The smallest absolute Gasteiger partial charge is 0.320 e. The molecule has 2 aromatic rings. The Morgan fingerprint density at radius 2 is 1.80 bits per heavy atom. The van der Waals surface area contributed by atoms with Crippen LogP contribution in [-0.4, -0.2) is 28.6 Å². The molecule has 0 fully saturated rings. The van der Waals surface area contributed by atoms with E-state index >= 15 is 0 Å². The fourth-order valence-corrected chi connectivity index (χ4v) is 4.53. The van der Waals surface area contributed by atoms with E-state index in [4.69, 9.17) is 0 Å². The predicted molar refractivity (Wildman–Crippen MR) is 89.7 cm³/mol. The Morgan fingerprint density at radius 1 is 1.04 bits per heavy atom. The number of benzene rings is 2. The summed E-state index contributed by atoms with van der Waals surface area (Å²) in [6.45, 7) is 0.653. The van der Waals surface area contributed by atoms with Gasteiger partial charge in [0.25, 0.3) is 0 Å². The second-order valence-electron chi connectivity index (χ2n) is 5.50. The standard InChI is InChI=1S/C16H16F3N3O2S/c1-20-8-3-9-21-15-5-2-4-12(18)16(15)22(25(21,23)24)14-7-6-11(17)10-13(14)19/h2,4-7,10,20H,3,8-9H2,1H3. The first-order chi connectivity index (χ1) is 11.9. The van der Waals surface area contributed by atoms with Crippen LogP contribution in [0.1, 0.15) is 6.42 Å². The number of hydrogen-bond donors (Lipinski definition) is 1. The Hall–Kier alpha value is -2.26. The van der Waals surface area contributed by atoms with Crippen LogP contribution in [0.15, 0.2) is 36.4 Å². The van der Waals surface area contributed by atoms with Crippen LogP contribution in [0.3, 0.4) is 0 Å². The second-order valence-corrected chi connectivity index (χ2v) is 7.21. The fraction of sp³-hybridized carbons (Fsp3) is 0.250. The van der Waals surface area contributed by atoms with Crippen LogP contribution in [0.4, 0.5) is 30.2 Å². The van der Waals surface area contributed by atoms with Crippen molar-refractivity contribution in [1.29, 1.82) is 0 Å². The molecule has 0 amide bonds. The lowest BCUT2D eigenvalue weighted by molar-refractivity contribution is 0.576. The summed E-state index contributed by atoms with van der Waals surface area (Å²) in [7, 11) is -2.51. The summed E-state index contributed by atoms with van der Waals surface area (Å²) in [6.07, 6.45) is 0.478. The molecule has 0 radical (unpaired) electrons. The van der Waals surface area contributed by atoms with Gasteiger partial charge in [-0.25, -0.2) is 17.5 Å². The van der Waals surface area contributed by atoms with E-state index in [0.717, 1.165) is 22.5 Å². The quantitative estimate of drug-likeness (QED) is 0.823. The number of para-hydroxylation sites is 1. The summed E-state index contributed by atoms with van der Waals surface area (Å²) in [5.41, 5.74) is -0.568. The Morgan fingerprint density at radius 3 is 2.48 bits per heavy atom. The van der Waals surface area contributed by atoms with E-state index in [1.807, 2.05) is 0 Å². The van der Waals surface area contributed by atoms with E-state index < -0.39 is 33.3 Å². The number of anilines is 3. The maximum absolute atomic E-state index is 14.4. The van der Waals surface area contributed by atoms with Gasteiger partial charge in [0, 0.05) is 12.6 Å². The van der Waals surface area contributed by atoms with Gasteiger partial charge in [0.2, 0.25) is 0 Å². The van der Waals surface area contributed by atoms with Gasteiger partial charge in [-0.15, -0.1) is 0 Å². The molecule has 1 N–H and O–H groups in total. The molecule has 1 heterocycles. The Balaban J connectivity index is 2.16. The average molecular weight is 371 g/mol. The number of fused-ring (bicyclic) bond motifs is 1. The number of hydrogen-bond acceptors (Lipinski definition) is 3. The van der Waals surface area contributed by atoms with Crippen LogP contribution >= 0.6 is 0 Å². The van der Waals surface area contributed by atoms with Gasteiger partial charge in [0.1, 0.15) is 17.3 Å². The lowest BCUT2D eigenvalue weighted by Gasteiger charge is -2.22. The monoisotopic (exact) mass is 371 g/mol. The molecule has 0 saturated carbocycles. The van der Waals surface area contributed by atoms with Crippen molar-refractivity contribution in [1.82, 2.24) is 5.32 Å². The molecule has 25 heavy (non-hydrogen) atoms. The lowest BCUT2D eigenvalue weighted by atomic mass is 10.2. The Bertz CT molecular complexity index is 905. The molecule has 1 aliphatic heterocycles. The van der Waals surface area contributed by atoms with Crippen LogP contribution in [0, 0.1) is 17.5 Å². The zero-order chi connectivity index (χ0) is 18.2. The van der Waals surface area contributed by atoms with Gasteiger partial charge in [0.05, 0.1) is 11.4 Å². The van der Waals surface area contributed by atoms with E-state index in [1.165, 1.54) is 12.1 Å². The number of rotatable bonds is 5. The van der Waals surface area contributed by atoms with Crippen LogP contribution in [-0.2, 0) is 10.2 Å². The third-order valence-corrected chi connectivity index (χ3v) is 5.64. The first kappa shape index (κ1) is 17.6. The maximum atomic E-state index is 14.4. The van der Waals surface area contributed by atoms with Gasteiger partial charge in [-0.05, 0) is 44.3 Å². The molecule has 0 unspecified atom stereocenters. The van der Waals surface area contributed by atoms with Crippen molar-refractivity contribution in [3.8, 4) is 0 Å². The van der Waals surface area contributed by atoms with E-state index in [-0.39, 0.29) is 17.9 Å². The van der Waals surface area contributed by atoms with Crippen molar-refractivity contribution in [2.45, 2.75) is 6.42 Å². The highest BCUT2D eigenvalue weighted by Crippen LogP contribution is 2.47. The van der Waals surface area contributed by atoms with Crippen molar-refractivity contribution < 1.29 is 21.6 Å². The van der Waals surface area contributed by atoms with Crippen molar-refractivity contribution in [2.24, 2.45) is 0 Å². The summed E-state index contributed by atoms with van der Waals surface area (Å²) < 4.78 is 69.3. The van der Waals surface area contributed by atoms with Gasteiger partial charge >= 0.3 is 10.2 Å². The van der Waals surface area contributed by atoms with Gasteiger partial charge in [-0.1, -0.05) is 6.07 Å². The minimum atomic E-state index is -4.24. The van der Waals surface area contributed by atoms with E-state index in [1.54, 1.807) is 7.05 Å². The second kappa shape index (κ2) is 6.57. The van der Waals surface area contributed by atoms with Crippen LogP contribution in [0.2, 0.25) is 0 Å². The highest BCUT2D eigenvalue weighted by Gasteiger charge is 2.43. The summed E-state index contributed by atoms with van der Waals surface area (Å²) in [5, 5.41) is 2.90. The normalized spacial score (nSPS) is 15.5. The predicted octanol–water partition coefficient (Wildman–Crippen LogP) is 2.92. The molecule has 1 aliphatic rings. The highest BCUT2D eigenvalue weighted by atomic mass is 32.2. The van der Waals surface area contributed by atoms with Gasteiger partial charge in [0.15, 0.2) is 5.82 Å². The van der Waals surface area contributed by atoms with Gasteiger partial charge in [-0.2, -0.15) is 8.42 Å². The molecular weight excluding hydrogens is 355 g/mol. The topological polar surface area (TPSA) is 52.6 Å². The Labute approximate surface area is 143 Å². The maximum Gasteiger partial charge on any atom is 0.331 e. The minimum Gasteiger partial charge on any atom is -0.320 e. The molecule has 2 aromatic carbocycles. The number of halogens is 3. The molecular formula is C16H16F3N3O2S. The molecule has 0 saturated heterocycles. The molecule has 0 aromatic heterocycles. The molecule has 9 heteroatoms. The third kappa shape index (κ3) is 2.93. The summed E-state index contributed by atoms with van der Waals surface area (Å²) in [6, 6.07) is 6.42. The fourth-order valence-electron chi connectivity index (χ4n) is 2.77. The molecule has 3 rings (SSSR count). The number of nitrogens with one attached hydrogen (secondary N) is 1. The minimum absolute atomic E-state index is 0.0962. The highest BCUT2D eigenvalue weighted by molar-refractivity contribution is 7.95. The van der Waals surface area contributed by atoms with E-state index in [2.05, 4.69) is 5.32 Å². The van der Waals surface area contributed by atoms with Crippen molar-refractivity contribution >= 4 is 27.3 Å². The van der Waals surface area contributed by atoms with Crippen molar-refractivity contribution in [3.05, 3.63) is 53.8 Å². The molecule has 0 bridgehead atoms. The molecule has 0 aliphatic carbocycles. The molecule has 0 atom stereocenters. The van der Waals surface area contributed by atoms with Gasteiger partial charge in [-0.3, -0.25) is 4.31 Å². The third-order valence-electron chi connectivity index (χ3n) is 3.86. The summed E-state index contributed by atoms with van der Waals surface area (Å²) in [5.74, 6) is -2.74. The first-order valence-electron chi connectivity index (χ1n) is 7.59. The lowest BCUT2D eigenvalue weighted by Crippen LogP contribution is -2.37. The molecule has 134 valence electrons. The van der Waals surface area contributed by atoms with Crippen LogP contribution in [0.5, 0.6) is 0 Å². The van der Waals surface area contributed by atoms with Crippen molar-refractivity contribution in [3.63, 3.8) is 0 Å². The van der Waals surface area contributed by atoms with E-state index in [9.17, 15) is 21.6 Å². The molecule has 5 nitrogen and oxygen atoms in total. The summed E-state index contributed by atoms with van der Waals surface area (Å²) >= 11 is 0. The number of nitrogens with zero attached hydrogens (tertiary/aromatic N) is 2. The average Bonchev–Trinajstić information content (AvgIpc) is 2.77. The summed E-state index contributed by atoms with van der Waals surface area (Å²) in [4.78, 5) is 0. The van der Waals surface area contributed by atoms with Crippen LogP contribution in [0.25, 0.3) is 0 Å². The Kier molecular flexibility index (Phi) is 4.61. The van der Waals surface area contributed by atoms with Gasteiger partial charge < -0.3 is 5.32 Å². The zero-order valence-electron chi connectivity index (χ0n) is 13.3. The molecule has 0 spiro atoms. The largest absolute Gasteiger partial charge is 0.331 e. The van der Waals surface area contributed by atoms with Crippen molar-refractivity contribution in [2.75, 3.05) is 28.7 Å². The van der Waals surface area contributed by atoms with Crippen LogP contribution < -0.4 is 13.9 Å². The SMILES string of the molecule is CNCCCN1c2cccc(F)c2N(c2ccc(F)cc2F)S1(=O)=O.